The second-order valence-electron chi connectivity index (χ2n) is 4.02. The summed E-state index contributed by atoms with van der Waals surface area (Å²) in [6, 6.07) is 9.21. The fraction of sp³-hybridized carbons (Fsp3) is 0.214. The first-order chi connectivity index (χ1) is 9.66. The summed E-state index contributed by atoms with van der Waals surface area (Å²) in [4.78, 5) is 12.4. The molecule has 1 N–H and O–H groups in total. The molecule has 2 rings (SSSR count). The number of rotatable bonds is 6. The molecule has 1 aromatic heterocycles. The van der Waals surface area contributed by atoms with Crippen molar-refractivity contribution in [3.63, 3.8) is 0 Å². The average Bonchev–Trinajstić information content (AvgIpc) is 2.94. The van der Waals surface area contributed by atoms with E-state index in [1.165, 1.54) is 11.3 Å². The first kappa shape index (κ1) is 15.7. The van der Waals surface area contributed by atoms with Crippen LogP contribution in [-0.2, 0) is 5.75 Å². The summed E-state index contributed by atoms with van der Waals surface area (Å²) >= 11 is 15.1. The van der Waals surface area contributed by atoms with Gasteiger partial charge in [0.15, 0.2) is 0 Å². The molecule has 0 radical (unpaired) electrons. The molecule has 0 aliphatic heterocycles. The Bertz CT molecular complexity index is 573. The number of hydrogen-bond donors (Lipinski definition) is 1. The van der Waals surface area contributed by atoms with Gasteiger partial charge in [0.1, 0.15) is 0 Å². The van der Waals surface area contributed by atoms with Crippen LogP contribution in [0.3, 0.4) is 0 Å². The van der Waals surface area contributed by atoms with Gasteiger partial charge < -0.3 is 5.32 Å². The molecular formula is C14H13Cl2NOS2. The van der Waals surface area contributed by atoms with Crippen molar-refractivity contribution in [2.75, 3.05) is 12.3 Å². The molecule has 1 heterocycles. The summed E-state index contributed by atoms with van der Waals surface area (Å²) in [5, 5.41) is 6.12. The van der Waals surface area contributed by atoms with E-state index < -0.39 is 0 Å². The Balaban J connectivity index is 1.68. The molecule has 6 heteroatoms. The van der Waals surface area contributed by atoms with Gasteiger partial charge in [-0.15, -0.1) is 11.3 Å². The highest BCUT2D eigenvalue weighted by atomic mass is 35.5. The lowest BCUT2D eigenvalue weighted by molar-refractivity contribution is 0.0960. The lowest BCUT2D eigenvalue weighted by Crippen LogP contribution is -2.24. The number of thioether (sulfide) groups is 1. The maximum Gasteiger partial charge on any atom is 0.261 e. The molecule has 0 aliphatic carbocycles. The molecule has 0 unspecified atom stereocenters. The smallest absolute Gasteiger partial charge is 0.261 e. The molecule has 0 fully saturated rings. The summed E-state index contributed by atoms with van der Waals surface area (Å²) in [7, 11) is 0. The number of thiophene rings is 1. The van der Waals surface area contributed by atoms with Crippen molar-refractivity contribution in [1.82, 2.24) is 5.32 Å². The Morgan fingerprint density at radius 1 is 1.30 bits per heavy atom. The molecule has 0 bridgehead atoms. The van der Waals surface area contributed by atoms with Crippen LogP contribution in [0.2, 0.25) is 10.0 Å². The fourth-order valence-corrected chi connectivity index (χ4v) is 3.61. The normalized spacial score (nSPS) is 10.5. The van der Waals surface area contributed by atoms with Crippen LogP contribution in [0.1, 0.15) is 15.2 Å². The Hall–Kier alpha value is -0.680. The van der Waals surface area contributed by atoms with Crippen LogP contribution in [0.15, 0.2) is 35.7 Å². The zero-order valence-corrected chi connectivity index (χ0v) is 13.7. The lowest BCUT2D eigenvalue weighted by Gasteiger charge is -2.06. The van der Waals surface area contributed by atoms with Gasteiger partial charge >= 0.3 is 0 Å². The molecule has 0 saturated carbocycles. The van der Waals surface area contributed by atoms with E-state index in [9.17, 15) is 4.79 Å². The van der Waals surface area contributed by atoms with Gasteiger partial charge in [0.25, 0.3) is 5.91 Å². The Morgan fingerprint density at radius 2 is 2.15 bits per heavy atom. The molecule has 106 valence electrons. The highest BCUT2D eigenvalue weighted by molar-refractivity contribution is 7.98. The highest BCUT2D eigenvalue weighted by Gasteiger charge is 2.05. The van der Waals surface area contributed by atoms with Crippen LogP contribution < -0.4 is 5.32 Å². The highest BCUT2D eigenvalue weighted by Crippen LogP contribution is 2.24. The number of halogens is 2. The number of carbonyl (C=O) groups is 1. The zero-order chi connectivity index (χ0) is 14.4. The summed E-state index contributed by atoms with van der Waals surface area (Å²) in [5.41, 5.74) is 1.06. The van der Waals surface area contributed by atoms with Gasteiger partial charge in [0, 0.05) is 28.1 Å². The van der Waals surface area contributed by atoms with Crippen molar-refractivity contribution in [3.05, 3.63) is 56.2 Å². The second kappa shape index (κ2) is 7.93. The van der Waals surface area contributed by atoms with Crippen molar-refractivity contribution in [2.45, 2.75) is 5.75 Å². The van der Waals surface area contributed by atoms with E-state index in [2.05, 4.69) is 5.32 Å². The molecular weight excluding hydrogens is 333 g/mol. The minimum atomic E-state index is -0.00914. The topological polar surface area (TPSA) is 29.1 Å². The molecule has 0 spiro atoms. The van der Waals surface area contributed by atoms with Gasteiger partial charge in [-0.1, -0.05) is 35.3 Å². The largest absolute Gasteiger partial charge is 0.351 e. The average molecular weight is 346 g/mol. The van der Waals surface area contributed by atoms with E-state index in [1.54, 1.807) is 17.8 Å². The first-order valence-corrected chi connectivity index (χ1v) is 8.79. The quantitative estimate of drug-likeness (QED) is 0.767. The van der Waals surface area contributed by atoms with E-state index in [0.29, 0.717) is 16.6 Å². The predicted octanol–water partition coefficient (Wildman–Crippen LogP) is 4.72. The fourth-order valence-electron chi connectivity index (χ4n) is 1.55. The molecule has 1 amide bonds. The Labute approximate surface area is 136 Å². The van der Waals surface area contributed by atoms with Crippen molar-refractivity contribution < 1.29 is 4.79 Å². The standard InChI is InChI=1S/C14H13Cl2NOS2/c15-11-4-3-10(12(16)8-11)9-19-7-5-17-14(18)13-2-1-6-20-13/h1-4,6,8H,5,7,9H2,(H,17,18). The molecule has 20 heavy (non-hydrogen) atoms. The van der Waals surface area contributed by atoms with E-state index in [0.717, 1.165) is 21.9 Å². The first-order valence-electron chi connectivity index (χ1n) is 6.00. The van der Waals surface area contributed by atoms with Gasteiger partial charge in [-0.3, -0.25) is 4.79 Å². The summed E-state index contributed by atoms with van der Waals surface area (Å²) in [6.07, 6.45) is 0. The monoisotopic (exact) mass is 345 g/mol. The van der Waals surface area contributed by atoms with Gasteiger partial charge in [0.05, 0.1) is 4.88 Å². The Kier molecular flexibility index (Phi) is 6.23. The van der Waals surface area contributed by atoms with Gasteiger partial charge in [-0.25, -0.2) is 0 Å². The molecule has 2 aromatic rings. The van der Waals surface area contributed by atoms with Crippen molar-refractivity contribution in [1.29, 1.82) is 0 Å². The summed E-state index contributed by atoms with van der Waals surface area (Å²) in [6.45, 7) is 0.645. The SMILES string of the molecule is O=C(NCCSCc1ccc(Cl)cc1Cl)c1cccs1. The number of hydrogen-bond acceptors (Lipinski definition) is 3. The number of nitrogens with one attached hydrogen (secondary N) is 1. The summed E-state index contributed by atoms with van der Waals surface area (Å²) in [5.74, 6) is 1.64. The van der Waals surface area contributed by atoms with Crippen molar-refractivity contribution in [2.24, 2.45) is 0 Å². The minimum absolute atomic E-state index is 0.00914. The third kappa shape index (κ3) is 4.70. The molecule has 0 atom stereocenters. The van der Waals surface area contributed by atoms with Crippen LogP contribution in [0.25, 0.3) is 0 Å². The minimum Gasteiger partial charge on any atom is -0.351 e. The number of amides is 1. The van der Waals surface area contributed by atoms with Crippen LogP contribution in [0.4, 0.5) is 0 Å². The van der Waals surface area contributed by atoms with Gasteiger partial charge in [0.2, 0.25) is 0 Å². The Morgan fingerprint density at radius 3 is 2.85 bits per heavy atom. The van der Waals surface area contributed by atoms with Crippen molar-refractivity contribution >= 4 is 52.2 Å². The maximum atomic E-state index is 11.7. The van der Waals surface area contributed by atoms with E-state index in [4.69, 9.17) is 23.2 Å². The van der Waals surface area contributed by atoms with Crippen LogP contribution in [-0.4, -0.2) is 18.2 Å². The van der Waals surface area contributed by atoms with Crippen LogP contribution >= 0.6 is 46.3 Å². The van der Waals surface area contributed by atoms with Gasteiger partial charge in [-0.2, -0.15) is 11.8 Å². The lowest BCUT2D eigenvalue weighted by atomic mass is 10.2. The van der Waals surface area contributed by atoms with Crippen molar-refractivity contribution in [3.8, 4) is 0 Å². The van der Waals surface area contributed by atoms with Gasteiger partial charge in [-0.05, 0) is 29.1 Å². The van der Waals surface area contributed by atoms with Crippen LogP contribution in [0.5, 0.6) is 0 Å². The third-order valence-corrected chi connectivity index (χ3v) is 5.01. The van der Waals surface area contributed by atoms with E-state index in [-0.39, 0.29) is 5.91 Å². The molecule has 2 nitrogen and oxygen atoms in total. The zero-order valence-electron chi connectivity index (χ0n) is 10.6. The molecule has 0 saturated heterocycles. The maximum absolute atomic E-state index is 11.7. The molecule has 0 aliphatic rings. The number of benzene rings is 1. The van der Waals surface area contributed by atoms with Crippen LogP contribution in [0, 0.1) is 0 Å². The predicted molar refractivity (Wildman–Crippen MR) is 89.3 cm³/mol. The third-order valence-electron chi connectivity index (χ3n) is 2.55. The van der Waals surface area contributed by atoms with E-state index >= 15 is 0 Å². The summed E-state index contributed by atoms with van der Waals surface area (Å²) < 4.78 is 0. The molecule has 1 aromatic carbocycles. The second-order valence-corrected chi connectivity index (χ2v) is 6.92. The van der Waals surface area contributed by atoms with E-state index in [1.807, 2.05) is 29.6 Å². The number of carbonyl (C=O) groups excluding carboxylic acids is 1.